The van der Waals surface area contributed by atoms with Gasteiger partial charge in [0.1, 0.15) is 0 Å². The van der Waals surface area contributed by atoms with Gasteiger partial charge in [-0.1, -0.05) is 26.7 Å². The normalized spacial score (nSPS) is 10.4. The van der Waals surface area contributed by atoms with Crippen LogP contribution in [0, 0.1) is 0 Å². The average Bonchev–Trinajstić information content (AvgIpc) is 2.39. The average molecular weight is 168 g/mol. The number of aryl methyl sites for hydroxylation is 2. The van der Waals surface area contributed by atoms with Crippen molar-refractivity contribution in [3.63, 3.8) is 0 Å². The molecule has 11 heavy (non-hydrogen) atoms. The molecule has 0 aliphatic rings. The summed E-state index contributed by atoms with van der Waals surface area (Å²) in [5, 5.41) is 4.60. The fourth-order valence-corrected chi connectivity index (χ4v) is 2.26. The van der Waals surface area contributed by atoms with Gasteiger partial charge in [-0.2, -0.15) is 11.3 Å². The standard InChI is InChI=1S/C10H16S/c1-3-5-9-7-11-8-10(9)6-4-2/h7-8H,3-6H2,1-2H3. The molecule has 0 amide bonds. The van der Waals surface area contributed by atoms with E-state index in [1.54, 1.807) is 11.1 Å². The maximum atomic E-state index is 2.30. The topological polar surface area (TPSA) is 0 Å². The summed E-state index contributed by atoms with van der Waals surface area (Å²) >= 11 is 1.85. The second kappa shape index (κ2) is 4.55. The highest BCUT2D eigenvalue weighted by Crippen LogP contribution is 2.18. The molecule has 0 N–H and O–H groups in total. The van der Waals surface area contributed by atoms with Gasteiger partial charge in [0.05, 0.1) is 0 Å². The van der Waals surface area contributed by atoms with Crippen LogP contribution in [0.5, 0.6) is 0 Å². The Morgan fingerprint density at radius 2 is 1.45 bits per heavy atom. The van der Waals surface area contributed by atoms with Gasteiger partial charge in [-0.3, -0.25) is 0 Å². The van der Waals surface area contributed by atoms with Gasteiger partial charge >= 0.3 is 0 Å². The zero-order valence-corrected chi connectivity index (χ0v) is 8.21. The van der Waals surface area contributed by atoms with E-state index in [2.05, 4.69) is 24.6 Å². The number of rotatable bonds is 4. The maximum absolute atomic E-state index is 2.30. The van der Waals surface area contributed by atoms with Crippen LogP contribution in [0.3, 0.4) is 0 Å². The first-order valence-corrected chi connectivity index (χ1v) is 5.36. The van der Waals surface area contributed by atoms with Crippen LogP contribution in [0.2, 0.25) is 0 Å². The lowest BCUT2D eigenvalue weighted by Crippen LogP contribution is -1.87. The van der Waals surface area contributed by atoms with E-state index in [0.717, 1.165) is 0 Å². The Morgan fingerprint density at radius 3 is 1.82 bits per heavy atom. The van der Waals surface area contributed by atoms with Crippen LogP contribution in [-0.4, -0.2) is 0 Å². The minimum Gasteiger partial charge on any atom is -0.152 e. The van der Waals surface area contributed by atoms with Crippen LogP contribution in [0.4, 0.5) is 0 Å². The first-order chi connectivity index (χ1) is 5.38. The zero-order valence-electron chi connectivity index (χ0n) is 7.39. The van der Waals surface area contributed by atoms with E-state index in [9.17, 15) is 0 Å². The lowest BCUT2D eigenvalue weighted by atomic mass is 10.1. The third kappa shape index (κ3) is 2.33. The summed E-state index contributed by atoms with van der Waals surface area (Å²) in [5.74, 6) is 0. The van der Waals surface area contributed by atoms with Crippen molar-refractivity contribution in [2.45, 2.75) is 39.5 Å². The Morgan fingerprint density at radius 1 is 1.00 bits per heavy atom. The van der Waals surface area contributed by atoms with Gasteiger partial charge in [0.25, 0.3) is 0 Å². The number of hydrogen-bond donors (Lipinski definition) is 0. The summed E-state index contributed by atoms with van der Waals surface area (Å²) in [6.07, 6.45) is 5.07. The lowest BCUT2D eigenvalue weighted by molar-refractivity contribution is 0.869. The fraction of sp³-hybridized carbons (Fsp3) is 0.600. The van der Waals surface area contributed by atoms with Crippen molar-refractivity contribution in [3.8, 4) is 0 Å². The molecule has 0 unspecified atom stereocenters. The van der Waals surface area contributed by atoms with E-state index in [0.29, 0.717) is 0 Å². The molecule has 62 valence electrons. The summed E-state index contributed by atoms with van der Waals surface area (Å²) in [6.45, 7) is 4.49. The van der Waals surface area contributed by atoms with E-state index in [1.165, 1.54) is 25.7 Å². The first kappa shape index (κ1) is 8.79. The predicted molar refractivity (Wildman–Crippen MR) is 52.3 cm³/mol. The molecule has 0 nitrogen and oxygen atoms in total. The van der Waals surface area contributed by atoms with Gasteiger partial charge in [-0.05, 0) is 34.7 Å². The van der Waals surface area contributed by atoms with Crippen molar-refractivity contribution in [3.05, 3.63) is 21.9 Å². The Kier molecular flexibility index (Phi) is 3.64. The molecule has 0 saturated carbocycles. The maximum Gasteiger partial charge on any atom is -0.00584 e. The second-order valence-electron chi connectivity index (χ2n) is 2.92. The SMILES string of the molecule is CCCc1cscc1CCC. The summed E-state index contributed by atoms with van der Waals surface area (Å²) in [7, 11) is 0. The van der Waals surface area contributed by atoms with Crippen LogP contribution >= 0.6 is 11.3 Å². The summed E-state index contributed by atoms with van der Waals surface area (Å²) in [6, 6.07) is 0. The van der Waals surface area contributed by atoms with Gasteiger partial charge in [0.2, 0.25) is 0 Å². The molecular weight excluding hydrogens is 152 g/mol. The molecule has 0 atom stereocenters. The van der Waals surface area contributed by atoms with Crippen molar-refractivity contribution >= 4 is 11.3 Å². The van der Waals surface area contributed by atoms with E-state index < -0.39 is 0 Å². The van der Waals surface area contributed by atoms with Crippen LogP contribution < -0.4 is 0 Å². The molecule has 0 aliphatic heterocycles. The Hall–Kier alpha value is -0.300. The third-order valence-corrected chi connectivity index (χ3v) is 2.71. The van der Waals surface area contributed by atoms with Crippen molar-refractivity contribution < 1.29 is 0 Å². The van der Waals surface area contributed by atoms with Crippen LogP contribution in [0.15, 0.2) is 10.8 Å². The predicted octanol–water partition coefficient (Wildman–Crippen LogP) is 3.65. The molecule has 0 aromatic carbocycles. The van der Waals surface area contributed by atoms with E-state index in [4.69, 9.17) is 0 Å². The highest BCUT2D eigenvalue weighted by Gasteiger charge is 2.00. The molecule has 1 rings (SSSR count). The third-order valence-electron chi connectivity index (χ3n) is 1.87. The summed E-state index contributed by atoms with van der Waals surface area (Å²) < 4.78 is 0. The van der Waals surface area contributed by atoms with Crippen LogP contribution in [0.1, 0.15) is 37.8 Å². The first-order valence-electron chi connectivity index (χ1n) is 4.42. The monoisotopic (exact) mass is 168 g/mol. The summed E-state index contributed by atoms with van der Waals surface area (Å²) in [4.78, 5) is 0. The van der Waals surface area contributed by atoms with Crippen LogP contribution in [0.25, 0.3) is 0 Å². The molecule has 0 bridgehead atoms. The minimum absolute atomic E-state index is 1.26. The van der Waals surface area contributed by atoms with E-state index in [1.807, 2.05) is 11.3 Å². The smallest absolute Gasteiger partial charge is 0.00584 e. The van der Waals surface area contributed by atoms with Crippen LogP contribution in [-0.2, 0) is 12.8 Å². The molecule has 0 spiro atoms. The van der Waals surface area contributed by atoms with Crippen molar-refractivity contribution in [2.24, 2.45) is 0 Å². The zero-order chi connectivity index (χ0) is 8.10. The molecule has 1 aromatic rings. The molecule has 1 heteroatoms. The lowest BCUT2D eigenvalue weighted by Gasteiger charge is -1.99. The molecule has 0 aliphatic carbocycles. The van der Waals surface area contributed by atoms with Crippen molar-refractivity contribution in [2.75, 3.05) is 0 Å². The Labute approximate surface area is 73.3 Å². The minimum atomic E-state index is 1.26. The quantitative estimate of drug-likeness (QED) is 0.643. The molecule has 1 heterocycles. The second-order valence-corrected chi connectivity index (χ2v) is 3.67. The van der Waals surface area contributed by atoms with Gasteiger partial charge < -0.3 is 0 Å². The Bertz CT molecular complexity index is 180. The van der Waals surface area contributed by atoms with E-state index >= 15 is 0 Å². The highest BCUT2D eigenvalue weighted by atomic mass is 32.1. The molecule has 0 fully saturated rings. The van der Waals surface area contributed by atoms with Gasteiger partial charge in [-0.15, -0.1) is 0 Å². The van der Waals surface area contributed by atoms with Gasteiger partial charge in [0.15, 0.2) is 0 Å². The van der Waals surface area contributed by atoms with Crippen molar-refractivity contribution in [1.29, 1.82) is 0 Å². The fourth-order valence-electron chi connectivity index (χ4n) is 1.33. The number of thiophene rings is 1. The van der Waals surface area contributed by atoms with Crippen molar-refractivity contribution in [1.82, 2.24) is 0 Å². The van der Waals surface area contributed by atoms with Gasteiger partial charge in [-0.25, -0.2) is 0 Å². The Balaban J connectivity index is 2.62. The summed E-state index contributed by atoms with van der Waals surface area (Å²) in [5.41, 5.74) is 3.17. The highest BCUT2D eigenvalue weighted by molar-refractivity contribution is 7.08. The molecule has 0 saturated heterocycles. The van der Waals surface area contributed by atoms with Gasteiger partial charge in [0, 0.05) is 0 Å². The molecular formula is C10H16S. The van der Waals surface area contributed by atoms with E-state index in [-0.39, 0.29) is 0 Å². The molecule has 1 aromatic heterocycles. The largest absolute Gasteiger partial charge is 0.152 e. The molecule has 0 radical (unpaired) electrons. The number of hydrogen-bond acceptors (Lipinski definition) is 1.